The van der Waals surface area contributed by atoms with E-state index >= 15 is 0 Å². The molecular weight excluding hydrogens is 258 g/mol. The average molecular weight is 279 g/mol. The largest absolute Gasteiger partial charge is 0.311 e. The molecule has 0 radical (unpaired) electrons. The van der Waals surface area contributed by atoms with Gasteiger partial charge in [-0.1, -0.05) is 13.8 Å². The predicted octanol–water partition coefficient (Wildman–Crippen LogP) is 2.20. The molecule has 2 rings (SSSR count). The molecule has 0 fully saturated rings. The molecule has 1 unspecified atom stereocenters. The second-order valence-corrected chi connectivity index (χ2v) is 6.15. The van der Waals surface area contributed by atoms with Crippen LogP contribution in [0.25, 0.3) is 0 Å². The highest BCUT2D eigenvalue weighted by molar-refractivity contribution is 7.09. The van der Waals surface area contributed by atoms with E-state index in [4.69, 9.17) is 0 Å². The van der Waals surface area contributed by atoms with Crippen molar-refractivity contribution in [2.45, 2.75) is 39.8 Å². The van der Waals surface area contributed by atoms with Gasteiger partial charge < -0.3 is 5.32 Å². The Morgan fingerprint density at radius 3 is 2.79 bits per heavy atom. The molecule has 0 aliphatic heterocycles. The molecule has 1 atom stereocenters. The molecule has 0 spiro atoms. The first-order valence-electron chi connectivity index (χ1n) is 6.56. The van der Waals surface area contributed by atoms with Crippen LogP contribution in [-0.2, 0) is 13.0 Å². The number of thiazole rings is 1. The van der Waals surface area contributed by atoms with Gasteiger partial charge in [0, 0.05) is 18.3 Å². The summed E-state index contributed by atoms with van der Waals surface area (Å²) in [4.78, 5) is 8.93. The maximum absolute atomic E-state index is 4.55. The number of aryl methyl sites for hydroxylation is 1. The maximum Gasteiger partial charge on any atom is 0.138 e. The Balaban J connectivity index is 2.12. The zero-order valence-electron chi connectivity index (χ0n) is 11.9. The van der Waals surface area contributed by atoms with Gasteiger partial charge >= 0.3 is 0 Å². The molecule has 19 heavy (non-hydrogen) atoms. The van der Waals surface area contributed by atoms with Crippen molar-refractivity contribution in [1.29, 1.82) is 0 Å². The molecule has 0 amide bonds. The first-order chi connectivity index (χ1) is 9.10. The monoisotopic (exact) mass is 279 g/mol. The van der Waals surface area contributed by atoms with Crippen LogP contribution in [0.3, 0.4) is 0 Å². The van der Waals surface area contributed by atoms with Crippen molar-refractivity contribution in [3.05, 3.63) is 28.2 Å². The van der Waals surface area contributed by atoms with E-state index in [1.807, 2.05) is 18.7 Å². The van der Waals surface area contributed by atoms with Gasteiger partial charge in [0.1, 0.15) is 12.2 Å². The highest BCUT2D eigenvalue weighted by atomic mass is 32.1. The van der Waals surface area contributed by atoms with Crippen LogP contribution >= 0.6 is 11.3 Å². The number of nitrogens with one attached hydrogen (secondary N) is 1. The van der Waals surface area contributed by atoms with E-state index in [9.17, 15) is 0 Å². The summed E-state index contributed by atoms with van der Waals surface area (Å²) in [5.74, 6) is 1.58. The summed E-state index contributed by atoms with van der Waals surface area (Å²) in [7, 11) is 1.96. The Bertz CT molecular complexity index is 517. The average Bonchev–Trinajstić information content (AvgIpc) is 2.95. The second kappa shape index (κ2) is 6.25. The SMILES string of the molecule is CNC(Cc1ncnn1CC(C)C)c1csc(C)n1. The van der Waals surface area contributed by atoms with Gasteiger partial charge in [-0.25, -0.2) is 14.6 Å². The van der Waals surface area contributed by atoms with Crippen LogP contribution in [0.5, 0.6) is 0 Å². The first kappa shape index (κ1) is 14.1. The van der Waals surface area contributed by atoms with E-state index in [2.05, 4.69) is 39.6 Å². The van der Waals surface area contributed by atoms with Crippen molar-refractivity contribution >= 4 is 11.3 Å². The van der Waals surface area contributed by atoms with Crippen molar-refractivity contribution in [1.82, 2.24) is 25.1 Å². The van der Waals surface area contributed by atoms with E-state index in [0.717, 1.165) is 29.5 Å². The summed E-state index contributed by atoms with van der Waals surface area (Å²) < 4.78 is 1.99. The molecule has 2 aromatic rings. The Morgan fingerprint density at radius 2 is 2.21 bits per heavy atom. The molecule has 2 heterocycles. The quantitative estimate of drug-likeness (QED) is 0.881. The van der Waals surface area contributed by atoms with Crippen LogP contribution < -0.4 is 5.32 Å². The van der Waals surface area contributed by atoms with Crippen LogP contribution in [0.2, 0.25) is 0 Å². The number of hydrogen-bond acceptors (Lipinski definition) is 5. The Morgan fingerprint density at radius 1 is 1.42 bits per heavy atom. The highest BCUT2D eigenvalue weighted by Crippen LogP contribution is 2.19. The lowest BCUT2D eigenvalue weighted by atomic mass is 10.1. The molecule has 6 heteroatoms. The summed E-state index contributed by atoms with van der Waals surface area (Å²) >= 11 is 1.68. The molecule has 5 nitrogen and oxygen atoms in total. The predicted molar refractivity (Wildman–Crippen MR) is 77.2 cm³/mol. The summed E-state index contributed by atoms with van der Waals surface area (Å²) in [6, 6.07) is 0.195. The van der Waals surface area contributed by atoms with E-state index in [1.165, 1.54) is 0 Å². The van der Waals surface area contributed by atoms with Gasteiger partial charge in [-0.15, -0.1) is 11.3 Å². The molecule has 0 saturated carbocycles. The van der Waals surface area contributed by atoms with Crippen LogP contribution in [0.1, 0.15) is 36.4 Å². The lowest BCUT2D eigenvalue weighted by Gasteiger charge is -2.15. The fraction of sp³-hybridized carbons (Fsp3) is 0.615. The molecule has 0 saturated heterocycles. The van der Waals surface area contributed by atoms with Crippen molar-refractivity contribution in [3.63, 3.8) is 0 Å². The minimum Gasteiger partial charge on any atom is -0.311 e. The number of rotatable bonds is 6. The first-order valence-corrected chi connectivity index (χ1v) is 7.44. The Kier molecular flexibility index (Phi) is 4.66. The van der Waals surface area contributed by atoms with Gasteiger partial charge in [0.25, 0.3) is 0 Å². The second-order valence-electron chi connectivity index (χ2n) is 5.09. The molecule has 0 bridgehead atoms. The van der Waals surface area contributed by atoms with E-state index in [0.29, 0.717) is 5.92 Å². The zero-order chi connectivity index (χ0) is 13.8. The van der Waals surface area contributed by atoms with Crippen molar-refractivity contribution in [3.8, 4) is 0 Å². The standard InChI is InChI=1S/C13H21N5S/c1-9(2)6-18-13(15-8-16-18)5-11(14-4)12-7-19-10(3)17-12/h7-9,11,14H,5-6H2,1-4H3. The maximum atomic E-state index is 4.55. The third-order valence-corrected chi connectivity index (χ3v) is 3.75. The van der Waals surface area contributed by atoms with E-state index < -0.39 is 0 Å². The van der Waals surface area contributed by atoms with Gasteiger partial charge in [-0.2, -0.15) is 5.10 Å². The highest BCUT2D eigenvalue weighted by Gasteiger charge is 2.17. The fourth-order valence-electron chi connectivity index (χ4n) is 2.02. The number of aromatic nitrogens is 4. The number of nitrogens with zero attached hydrogens (tertiary/aromatic N) is 4. The van der Waals surface area contributed by atoms with Gasteiger partial charge in [-0.05, 0) is 19.9 Å². The molecule has 0 aliphatic rings. The van der Waals surface area contributed by atoms with Gasteiger partial charge in [-0.3, -0.25) is 0 Å². The topological polar surface area (TPSA) is 55.6 Å². The molecule has 2 aromatic heterocycles. The molecule has 1 N–H and O–H groups in total. The summed E-state index contributed by atoms with van der Waals surface area (Å²) in [5.41, 5.74) is 1.09. The smallest absolute Gasteiger partial charge is 0.138 e. The van der Waals surface area contributed by atoms with Crippen molar-refractivity contribution < 1.29 is 0 Å². The summed E-state index contributed by atoms with van der Waals surface area (Å²) in [6.45, 7) is 7.31. The third-order valence-electron chi connectivity index (χ3n) is 2.96. The molecule has 0 aliphatic carbocycles. The minimum atomic E-state index is 0.195. The minimum absolute atomic E-state index is 0.195. The van der Waals surface area contributed by atoms with Gasteiger partial charge in [0.2, 0.25) is 0 Å². The lowest BCUT2D eigenvalue weighted by molar-refractivity contribution is 0.450. The molecular formula is C13H21N5S. The Labute approximate surface area is 118 Å². The van der Waals surface area contributed by atoms with Crippen LogP contribution in [0.15, 0.2) is 11.7 Å². The lowest BCUT2D eigenvalue weighted by Crippen LogP contribution is -2.22. The van der Waals surface area contributed by atoms with Gasteiger partial charge in [0.05, 0.1) is 16.7 Å². The van der Waals surface area contributed by atoms with Gasteiger partial charge in [0.15, 0.2) is 0 Å². The summed E-state index contributed by atoms with van der Waals surface area (Å²) in [5, 5.41) is 10.8. The number of likely N-dealkylation sites (N-methyl/N-ethyl adjacent to an activating group) is 1. The van der Waals surface area contributed by atoms with Crippen LogP contribution in [-0.4, -0.2) is 26.8 Å². The van der Waals surface area contributed by atoms with E-state index in [-0.39, 0.29) is 6.04 Å². The number of hydrogen-bond donors (Lipinski definition) is 1. The normalized spacial score (nSPS) is 13.1. The van der Waals surface area contributed by atoms with Crippen LogP contribution in [0, 0.1) is 12.8 Å². The molecule has 104 valence electrons. The van der Waals surface area contributed by atoms with Crippen molar-refractivity contribution in [2.24, 2.45) is 5.92 Å². The fourth-order valence-corrected chi connectivity index (χ4v) is 2.69. The zero-order valence-corrected chi connectivity index (χ0v) is 12.7. The molecule has 0 aromatic carbocycles. The van der Waals surface area contributed by atoms with Crippen LogP contribution in [0.4, 0.5) is 0 Å². The van der Waals surface area contributed by atoms with E-state index in [1.54, 1.807) is 17.7 Å². The Hall–Kier alpha value is -1.27. The summed E-state index contributed by atoms with van der Waals surface area (Å²) in [6.07, 6.45) is 2.45. The van der Waals surface area contributed by atoms with Crippen molar-refractivity contribution in [2.75, 3.05) is 7.05 Å². The third kappa shape index (κ3) is 3.61.